The molecule has 29 unspecified atom stereocenters. The van der Waals surface area contributed by atoms with Crippen molar-refractivity contribution in [2.45, 2.75) is 493 Å². The van der Waals surface area contributed by atoms with Crippen LogP contribution < -0.4 is 0 Å². The van der Waals surface area contributed by atoms with E-state index in [2.05, 4.69) is 346 Å². The van der Waals surface area contributed by atoms with Gasteiger partial charge in [-0.25, -0.2) is 0 Å². The molecular weight excluding hydrogens is 1810 g/mol. The number of ketones is 1. The molecule has 148 heavy (non-hydrogen) atoms. The molecule has 8 aliphatic carbocycles. The van der Waals surface area contributed by atoms with Crippen LogP contribution >= 0.6 is 0 Å². The molecule has 15 aliphatic rings. The van der Waals surface area contributed by atoms with Gasteiger partial charge >= 0.3 is 0 Å². The number of ether oxygens (including phenoxy) is 8. The first kappa shape index (κ1) is 140. The van der Waals surface area contributed by atoms with Crippen molar-refractivity contribution in [2.75, 3.05) is 85.9 Å². The maximum atomic E-state index is 11.3. The fourth-order valence-corrected chi connectivity index (χ4v) is 32.7. The van der Waals surface area contributed by atoms with Crippen LogP contribution in [-0.2, 0) is 42.7 Å². The van der Waals surface area contributed by atoms with Crippen molar-refractivity contribution in [3.63, 3.8) is 0 Å². The predicted octanol–water partition coefficient (Wildman–Crippen LogP) is 39.4. The Labute approximate surface area is 928 Å². The zero-order chi connectivity index (χ0) is 112. The molecule has 9 nitrogen and oxygen atoms in total. The van der Waals surface area contributed by atoms with Gasteiger partial charge in [0.15, 0.2) is 5.79 Å². The largest absolute Gasteiger partial charge is 0.381 e. The minimum absolute atomic E-state index is 0.208. The predicted molar refractivity (Wildman–Crippen MR) is 645 cm³/mol. The van der Waals surface area contributed by atoms with Crippen molar-refractivity contribution in [3.05, 3.63) is 0 Å². The Balaban J connectivity index is 0.000000337. The summed E-state index contributed by atoms with van der Waals surface area (Å²) >= 11 is 0. The summed E-state index contributed by atoms with van der Waals surface area (Å²) in [7, 11) is 0. The summed E-state index contributed by atoms with van der Waals surface area (Å²) in [5.74, 6) is 44.5. The van der Waals surface area contributed by atoms with Crippen LogP contribution in [0.3, 0.4) is 0 Å². The number of Topliss-reactive ketones (excluding diaryl/α,β-unsaturated/α-hetero) is 1. The number of fused-ring (bicyclic) bond motifs is 2. The third-order valence-corrected chi connectivity index (χ3v) is 42.7. The van der Waals surface area contributed by atoms with Gasteiger partial charge in [0.2, 0.25) is 0 Å². The fourth-order valence-electron chi connectivity index (χ4n) is 32.7. The van der Waals surface area contributed by atoms with E-state index in [1.54, 1.807) is 25.7 Å². The van der Waals surface area contributed by atoms with Crippen molar-refractivity contribution in [3.8, 4) is 0 Å². The van der Waals surface area contributed by atoms with Gasteiger partial charge in [-0.1, -0.05) is 365 Å². The van der Waals surface area contributed by atoms with Gasteiger partial charge in [0.05, 0.1) is 25.9 Å². The second-order valence-electron chi connectivity index (χ2n) is 60.9. The highest BCUT2D eigenvalue weighted by molar-refractivity contribution is 5.79. The van der Waals surface area contributed by atoms with Crippen LogP contribution in [0.4, 0.5) is 0 Å². The summed E-state index contributed by atoms with van der Waals surface area (Å²) in [6.07, 6.45) is 28.4. The molecule has 0 radical (unpaired) electrons. The monoisotopic (exact) mass is 2080 g/mol. The lowest BCUT2D eigenvalue weighted by Crippen LogP contribution is -2.43. The molecule has 880 valence electrons. The van der Waals surface area contributed by atoms with E-state index in [0.29, 0.717) is 35.1 Å². The second-order valence-corrected chi connectivity index (χ2v) is 60.9. The molecule has 15 fully saturated rings. The van der Waals surface area contributed by atoms with Crippen molar-refractivity contribution >= 4 is 5.78 Å². The van der Waals surface area contributed by atoms with E-state index in [1.807, 2.05) is 0 Å². The van der Waals surface area contributed by atoms with Crippen LogP contribution in [0, 0.1) is 307 Å². The van der Waals surface area contributed by atoms with Gasteiger partial charge in [0.1, 0.15) is 5.78 Å². The molecule has 0 N–H and O–H groups in total. The highest BCUT2D eigenvalue weighted by Crippen LogP contribution is 2.63. The third kappa shape index (κ3) is 44.3. The van der Waals surface area contributed by atoms with Crippen LogP contribution in [0.15, 0.2) is 0 Å². The van der Waals surface area contributed by atoms with Crippen molar-refractivity contribution < 1.29 is 42.7 Å². The first-order valence-electron chi connectivity index (χ1n) is 65.4. The maximum Gasteiger partial charge on any atom is 0.168 e. The Hall–Kier alpha value is -0.650. The Morgan fingerprint density at radius 3 is 0.865 bits per heavy atom. The van der Waals surface area contributed by atoms with Crippen molar-refractivity contribution in [2.24, 2.45) is 307 Å². The topological polar surface area (TPSA) is 90.9 Å². The smallest absolute Gasteiger partial charge is 0.168 e. The third-order valence-electron chi connectivity index (χ3n) is 42.7. The molecule has 29 atom stereocenters. The molecule has 7 aliphatic heterocycles. The van der Waals surface area contributed by atoms with Crippen LogP contribution in [0.25, 0.3) is 0 Å². The zero-order valence-electron chi connectivity index (χ0n) is 109. The van der Waals surface area contributed by atoms with E-state index < -0.39 is 0 Å². The summed E-state index contributed by atoms with van der Waals surface area (Å²) in [4.78, 5) is 11.3. The van der Waals surface area contributed by atoms with E-state index >= 15 is 0 Å². The van der Waals surface area contributed by atoms with E-state index in [4.69, 9.17) is 37.9 Å². The number of carbonyl (C=O) groups is 1. The molecule has 15 rings (SSSR count). The van der Waals surface area contributed by atoms with Crippen molar-refractivity contribution in [1.82, 2.24) is 0 Å². The van der Waals surface area contributed by atoms with Crippen LogP contribution in [0.1, 0.15) is 481 Å². The molecule has 0 amide bonds. The van der Waals surface area contributed by atoms with E-state index in [-0.39, 0.29) is 5.79 Å². The number of carbonyl (C=O) groups excluding carboxylic acids is 1. The number of hydrogen-bond donors (Lipinski definition) is 0. The van der Waals surface area contributed by atoms with Gasteiger partial charge in [-0.05, 0) is 397 Å². The average Bonchev–Trinajstić information content (AvgIpc) is 1.59. The van der Waals surface area contributed by atoms with Gasteiger partial charge in [-0.3, -0.25) is 4.79 Å². The van der Waals surface area contributed by atoms with E-state index in [0.717, 1.165) is 402 Å². The molecule has 8 saturated carbocycles. The highest BCUT2D eigenvalue weighted by atomic mass is 16.7. The lowest BCUT2D eigenvalue weighted by Gasteiger charge is -2.46. The lowest BCUT2D eigenvalue weighted by atomic mass is 9.63. The fraction of sp³-hybridized carbons (Fsp3) is 0.993. The first-order chi connectivity index (χ1) is 69.1. The second kappa shape index (κ2) is 68.6. The standard InChI is InChI=1S/C14H26O2.2C12H24O.C12H22O.2C12H22.C12H24.2C11H22O.C11H22.2C10H20O/c1-10(2)12-5-6-14(15-7-8-16-14)9-13(12)11(3)4;1-8(2)11-7-13-6-10(5)12(11)9(3)4;1-9(2)11-8-13-7-6-12(11,5)10(3)4;1-8(2)11-6-5-10(13)7-12(11)9(3)4;2*1-7(2)10-5-9-6-11(9)12(10)8(3)4;1-9(2)11-7-5-6-8-12(11)10(3)4;2*1-8(2)10-5-6-12-7-11(10)9(3)4;1-8(2)10-6-5-7-11(10)9(3)4;1-7(2)9-5-11-6-10(9)8(3)4;1-7(2)9-5-6-11-10(9)8(3)4/h10-13H,5-9H2,1-4H3;8-12H,6-7H2,1-5H3;9-11H,6-8H2,1-5H3;8-9,11-12H,5-7H2,1-4H3;2*7-12H,5-6H2,1-4H3;9-12H,5-8H2,1-4H3;2*8-11H,5-7H2,1-4H3;8-11H,5-7H2,1-4H3;2*7-10H,5-6H2,1-4H3. The summed E-state index contributed by atoms with van der Waals surface area (Å²) in [5, 5.41) is 0. The Morgan fingerprint density at radius 1 is 0.243 bits per heavy atom. The minimum atomic E-state index is -0.208. The summed E-state index contributed by atoms with van der Waals surface area (Å²) in [6, 6.07) is 0. The van der Waals surface area contributed by atoms with Crippen LogP contribution in [0.5, 0.6) is 0 Å². The van der Waals surface area contributed by atoms with Gasteiger partial charge in [0, 0.05) is 91.8 Å². The summed E-state index contributed by atoms with van der Waals surface area (Å²) < 4.78 is 45.2. The molecule has 0 aromatic rings. The SMILES string of the molecule is CC(C)C1CC2CC2C1C(C)C.CC(C)C1CC2CC2C1C(C)C.CC(C)C1CCC(=O)CC1C(C)C.CC(C)C1CCC2(CC1C(C)C)OCCO2.CC(C)C1CCCC1C(C)C.CC(C)C1CCCCC1C(C)C.CC(C)C1CCOC1C(C)C.CC(C)C1CCOCC1C(C)C.CC(C)C1CCOCC1C(C)C.CC(C)C1COCC(C)C1C(C)C.CC(C)C1COCC1C(C)C.CC(C)C1COCCC1(C)C(C)C. The molecule has 1 spiro atoms. The van der Waals surface area contributed by atoms with Gasteiger partial charge in [-0.2, -0.15) is 0 Å². The Morgan fingerprint density at radius 2 is 0.554 bits per heavy atom. The van der Waals surface area contributed by atoms with Crippen LogP contribution in [0.2, 0.25) is 0 Å². The van der Waals surface area contributed by atoms with Crippen LogP contribution in [-0.4, -0.2) is 104 Å². The quantitative estimate of drug-likeness (QED) is 0.0937. The normalized spacial score (nSPS) is 34.8. The van der Waals surface area contributed by atoms with E-state index in [1.165, 1.54) is 77.0 Å². The lowest BCUT2D eigenvalue weighted by molar-refractivity contribution is -0.201. The Bertz CT molecular complexity index is 3040. The maximum absolute atomic E-state index is 11.3. The van der Waals surface area contributed by atoms with Gasteiger partial charge in [-0.15, -0.1) is 0 Å². The molecule has 7 saturated heterocycles. The molecule has 7 heterocycles. The molecule has 0 bridgehead atoms. The molecule has 0 aromatic heterocycles. The first-order valence-corrected chi connectivity index (χ1v) is 65.4. The molecule has 0 aromatic carbocycles. The van der Waals surface area contributed by atoms with Gasteiger partial charge in [0.25, 0.3) is 0 Å². The van der Waals surface area contributed by atoms with Gasteiger partial charge < -0.3 is 37.9 Å². The average molecular weight is 2090 g/mol. The van der Waals surface area contributed by atoms with E-state index in [9.17, 15) is 4.79 Å². The van der Waals surface area contributed by atoms with Crippen molar-refractivity contribution in [1.29, 1.82) is 0 Å². The zero-order valence-corrected chi connectivity index (χ0v) is 109. The molecule has 9 heteroatoms. The number of hydrogen-bond acceptors (Lipinski definition) is 9. The summed E-state index contributed by atoms with van der Waals surface area (Å²) in [5.41, 5.74) is 0.492. The minimum Gasteiger partial charge on any atom is -0.381 e. The highest BCUT2D eigenvalue weighted by Gasteiger charge is 2.56. The Kier molecular flexibility index (Phi) is 64.7. The number of rotatable bonds is 24. The summed E-state index contributed by atoms with van der Waals surface area (Å²) in [6.45, 7) is 130. The molecular formula is C139H270O9.